The minimum Gasteiger partial charge on any atom is -0.489 e. The highest BCUT2D eigenvalue weighted by atomic mass is 16.5. The van der Waals surface area contributed by atoms with Gasteiger partial charge in [0.1, 0.15) is 17.9 Å². The van der Waals surface area contributed by atoms with Gasteiger partial charge in [-0.05, 0) is 42.0 Å². The van der Waals surface area contributed by atoms with Crippen LogP contribution in [0.4, 0.5) is 0 Å². The number of benzene rings is 2. The number of ether oxygens (including phenoxy) is 1. The molecular formula is C25H31N3O3. The second-order valence-corrected chi connectivity index (χ2v) is 9.27. The molecule has 0 bridgehead atoms. The maximum Gasteiger partial charge on any atom is 0.241 e. The zero-order valence-electron chi connectivity index (χ0n) is 18.3. The Morgan fingerprint density at radius 2 is 2.03 bits per heavy atom. The molecule has 164 valence electrons. The van der Waals surface area contributed by atoms with E-state index >= 15 is 0 Å². The molecule has 0 aromatic heterocycles. The number of carbonyl (C=O) groups is 2. The minimum atomic E-state index is -0.190. The van der Waals surface area contributed by atoms with Crippen molar-refractivity contribution in [2.24, 2.45) is 11.8 Å². The number of hydrazine groups is 1. The van der Waals surface area contributed by atoms with Crippen molar-refractivity contribution in [2.75, 3.05) is 13.1 Å². The molecule has 2 N–H and O–H groups in total. The van der Waals surface area contributed by atoms with Crippen LogP contribution in [0.3, 0.4) is 0 Å². The third-order valence-corrected chi connectivity index (χ3v) is 7.42. The van der Waals surface area contributed by atoms with Crippen LogP contribution in [0.2, 0.25) is 0 Å². The molecule has 0 saturated carbocycles. The third-order valence-electron chi connectivity index (χ3n) is 7.42. The number of rotatable bonds is 3. The maximum absolute atomic E-state index is 13.2. The highest BCUT2D eigenvalue weighted by molar-refractivity contribution is 6.11. The molecule has 2 fully saturated rings. The molecule has 5 rings (SSSR count). The predicted molar refractivity (Wildman–Crippen MR) is 120 cm³/mol. The van der Waals surface area contributed by atoms with Gasteiger partial charge in [0.05, 0.1) is 5.56 Å². The first-order valence-electron chi connectivity index (χ1n) is 11.6. The van der Waals surface area contributed by atoms with Gasteiger partial charge in [-0.15, -0.1) is 0 Å². The van der Waals surface area contributed by atoms with Crippen molar-refractivity contribution in [3.05, 3.63) is 42.0 Å². The Morgan fingerprint density at radius 3 is 2.84 bits per heavy atom. The fourth-order valence-electron chi connectivity index (χ4n) is 5.55. The van der Waals surface area contributed by atoms with E-state index < -0.39 is 0 Å². The Bertz CT molecular complexity index is 1010. The van der Waals surface area contributed by atoms with Crippen LogP contribution in [-0.2, 0) is 4.79 Å². The number of nitrogens with one attached hydrogen (secondary N) is 2. The number of Topliss-reactive ketones (excluding diaryl/α,β-unsaturated/α-hetero) is 1. The topological polar surface area (TPSA) is 70.7 Å². The van der Waals surface area contributed by atoms with Crippen LogP contribution in [0.1, 0.15) is 49.9 Å². The summed E-state index contributed by atoms with van der Waals surface area (Å²) in [6.07, 6.45) is 3.12. The molecule has 5 unspecified atom stereocenters. The number of likely N-dealkylation sites (tertiary alicyclic amines) is 1. The van der Waals surface area contributed by atoms with Gasteiger partial charge in [-0.3, -0.25) is 15.0 Å². The number of hydrogen-bond acceptors (Lipinski definition) is 5. The summed E-state index contributed by atoms with van der Waals surface area (Å²) in [4.78, 5) is 28.3. The Balaban J connectivity index is 1.32. The van der Waals surface area contributed by atoms with Gasteiger partial charge in [0.15, 0.2) is 5.78 Å². The lowest BCUT2D eigenvalue weighted by atomic mass is 9.85. The highest BCUT2D eigenvalue weighted by Gasteiger charge is 2.41. The van der Waals surface area contributed by atoms with Gasteiger partial charge in [0.25, 0.3) is 0 Å². The molecule has 31 heavy (non-hydrogen) atoms. The number of carbonyl (C=O) groups excluding carboxylic acids is 2. The van der Waals surface area contributed by atoms with E-state index in [-0.39, 0.29) is 35.7 Å². The van der Waals surface area contributed by atoms with Crippen molar-refractivity contribution in [1.82, 2.24) is 15.8 Å². The molecule has 0 aliphatic carbocycles. The molecule has 2 aromatic carbocycles. The van der Waals surface area contributed by atoms with E-state index in [4.69, 9.17) is 4.74 Å². The van der Waals surface area contributed by atoms with Gasteiger partial charge >= 0.3 is 0 Å². The predicted octanol–water partition coefficient (Wildman–Crippen LogP) is 3.30. The molecule has 0 radical (unpaired) electrons. The number of hydrogen-bond donors (Lipinski definition) is 2. The van der Waals surface area contributed by atoms with E-state index in [0.29, 0.717) is 30.3 Å². The average molecular weight is 422 g/mol. The molecule has 5 atom stereocenters. The zero-order chi connectivity index (χ0) is 21.5. The van der Waals surface area contributed by atoms with Crippen molar-refractivity contribution < 1.29 is 14.3 Å². The molecule has 2 saturated heterocycles. The molecule has 1 amide bonds. The minimum absolute atomic E-state index is 0.146. The molecule has 6 heteroatoms. The normalized spacial score (nSPS) is 30.8. The summed E-state index contributed by atoms with van der Waals surface area (Å²) in [5.74, 6) is 1.42. The van der Waals surface area contributed by atoms with Crippen molar-refractivity contribution in [2.45, 2.75) is 57.7 Å². The Kier molecular flexibility index (Phi) is 5.44. The fraction of sp³-hybridized carbons (Fsp3) is 0.520. The van der Waals surface area contributed by atoms with Crippen molar-refractivity contribution in [3.63, 3.8) is 0 Å². The van der Waals surface area contributed by atoms with Crippen LogP contribution < -0.4 is 15.6 Å². The second kappa shape index (κ2) is 8.24. The largest absolute Gasteiger partial charge is 0.489 e. The monoisotopic (exact) mass is 421 g/mol. The Hall–Kier alpha value is -2.44. The first-order valence-corrected chi connectivity index (χ1v) is 11.6. The molecule has 3 heterocycles. The second-order valence-electron chi connectivity index (χ2n) is 9.27. The summed E-state index contributed by atoms with van der Waals surface area (Å²) in [5.41, 5.74) is 7.18. The van der Waals surface area contributed by atoms with E-state index in [2.05, 4.69) is 24.7 Å². The van der Waals surface area contributed by atoms with Crippen molar-refractivity contribution >= 4 is 22.5 Å². The molecule has 3 aliphatic heterocycles. The van der Waals surface area contributed by atoms with E-state index in [1.165, 1.54) is 0 Å². The summed E-state index contributed by atoms with van der Waals surface area (Å²) in [6, 6.07) is 12.0. The lowest BCUT2D eigenvalue weighted by molar-refractivity contribution is -0.136. The van der Waals surface area contributed by atoms with Gasteiger partial charge in [0.2, 0.25) is 5.91 Å². The molecule has 2 aromatic rings. The van der Waals surface area contributed by atoms with Crippen LogP contribution in [-0.4, -0.2) is 47.9 Å². The van der Waals surface area contributed by atoms with Gasteiger partial charge in [0, 0.05) is 31.5 Å². The molecule has 6 nitrogen and oxygen atoms in total. The van der Waals surface area contributed by atoms with Crippen LogP contribution >= 0.6 is 0 Å². The van der Waals surface area contributed by atoms with E-state index in [0.717, 1.165) is 36.6 Å². The SMILES string of the molecule is CCC1NNC(C(=O)N2CCCC(C3CC(=O)c4c(ccc5ccccc45)O3)C2)C1C. The molecule has 3 aliphatic rings. The fourth-order valence-corrected chi connectivity index (χ4v) is 5.55. The quantitative estimate of drug-likeness (QED) is 0.796. The summed E-state index contributed by atoms with van der Waals surface area (Å²) >= 11 is 0. The van der Waals surface area contributed by atoms with Crippen LogP contribution in [0, 0.1) is 11.8 Å². The standard InChI is InChI=1S/C25H31N3O3/c1-3-19-15(2)24(27-26-19)25(30)28-12-6-8-17(14-28)22-13-20(29)23-18-9-5-4-7-16(18)10-11-21(23)31-22/h4-5,7,9-11,15,17,19,22,24,26-27H,3,6,8,12-14H2,1-2H3. The van der Waals surface area contributed by atoms with Gasteiger partial charge in [-0.2, -0.15) is 0 Å². The number of fused-ring (bicyclic) bond motifs is 3. The van der Waals surface area contributed by atoms with E-state index in [9.17, 15) is 9.59 Å². The number of amides is 1. The first-order chi connectivity index (χ1) is 15.1. The summed E-state index contributed by atoms with van der Waals surface area (Å²) in [7, 11) is 0. The van der Waals surface area contributed by atoms with E-state index in [1.807, 2.05) is 41.3 Å². The summed E-state index contributed by atoms with van der Waals surface area (Å²) in [5, 5.41) is 2.02. The lowest BCUT2D eigenvalue weighted by Gasteiger charge is -2.39. The van der Waals surface area contributed by atoms with Crippen molar-refractivity contribution in [3.8, 4) is 5.75 Å². The third kappa shape index (κ3) is 3.62. The van der Waals surface area contributed by atoms with Crippen molar-refractivity contribution in [1.29, 1.82) is 0 Å². The maximum atomic E-state index is 13.2. The molecular weight excluding hydrogens is 390 g/mol. The smallest absolute Gasteiger partial charge is 0.241 e. The van der Waals surface area contributed by atoms with Gasteiger partial charge < -0.3 is 9.64 Å². The van der Waals surface area contributed by atoms with E-state index in [1.54, 1.807) is 0 Å². The van der Waals surface area contributed by atoms with Gasteiger partial charge in [-0.25, -0.2) is 5.43 Å². The Labute approximate surface area is 183 Å². The highest BCUT2D eigenvalue weighted by Crippen LogP contribution is 2.37. The summed E-state index contributed by atoms with van der Waals surface area (Å²) in [6.45, 7) is 5.70. The number of ketones is 1. The van der Waals surface area contributed by atoms with Crippen LogP contribution in [0.25, 0.3) is 10.8 Å². The van der Waals surface area contributed by atoms with Crippen LogP contribution in [0.5, 0.6) is 5.75 Å². The number of piperidine rings is 1. The Morgan fingerprint density at radius 1 is 1.19 bits per heavy atom. The van der Waals surface area contributed by atoms with Crippen LogP contribution in [0.15, 0.2) is 36.4 Å². The zero-order valence-corrected chi connectivity index (χ0v) is 18.3. The number of nitrogens with zero attached hydrogens (tertiary/aromatic N) is 1. The average Bonchev–Trinajstić information content (AvgIpc) is 3.18. The summed E-state index contributed by atoms with van der Waals surface area (Å²) < 4.78 is 6.37. The van der Waals surface area contributed by atoms with Gasteiger partial charge in [-0.1, -0.05) is 44.2 Å². The first kappa shape index (κ1) is 20.5. The molecule has 0 spiro atoms. The lowest BCUT2D eigenvalue weighted by Crippen LogP contribution is -2.52.